The molecule has 9 nitrogen and oxygen atoms in total. The molecule has 9 heteroatoms. The number of carbonyl (C=O) groups is 3. The van der Waals surface area contributed by atoms with Crippen LogP contribution in [0.4, 0.5) is 0 Å². The highest BCUT2D eigenvalue weighted by Gasteiger charge is 2.22. The molecule has 0 aromatic carbocycles. The number of carbonyl (C=O) groups excluding carboxylic acids is 3. The second-order valence-electron chi connectivity index (χ2n) is 27.9. The molecule has 0 radical (unpaired) electrons. The lowest BCUT2D eigenvalue weighted by molar-refractivity contribution is -0.870. The van der Waals surface area contributed by atoms with Gasteiger partial charge in [-0.25, -0.2) is 0 Å². The number of esters is 2. The van der Waals surface area contributed by atoms with Crippen molar-refractivity contribution < 1.29 is 42.9 Å². The molecule has 0 heterocycles. The van der Waals surface area contributed by atoms with Crippen LogP contribution in [0.2, 0.25) is 0 Å². The van der Waals surface area contributed by atoms with Crippen molar-refractivity contribution in [2.45, 2.75) is 373 Å². The van der Waals surface area contributed by atoms with E-state index in [1.165, 1.54) is 238 Å². The number of likely N-dealkylation sites (N-methyl/N-ethyl adjacent to an activating group) is 1. The van der Waals surface area contributed by atoms with E-state index in [4.69, 9.17) is 18.9 Å². The summed E-state index contributed by atoms with van der Waals surface area (Å²) in [5, 5.41) is 11.9. The summed E-state index contributed by atoms with van der Waals surface area (Å²) in [6, 6.07) is 0. The van der Waals surface area contributed by atoms with Crippen LogP contribution in [0.3, 0.4) is 0 Å². The molecule has 0 amide bonds. The molecule has 0 rings (SSSR count). The molecular formula is C86H151NO8. The van der Waals surface area contributed by atoms with Crippen molar-refractivity contribution in [1.82, 2.24) is 0 Å². The third-order valence-corrected chi connectivity index (χ3v) is 17.5. The highest BCUT2D eigenvalue weighted by Crippen LogP contribution is 2.19. The third kappa shape index (κ3) is 77.2. The second-order valence-corrected chi connectivity index (χ2v) is 27.9. The summed E-state index contributed by atoms with van der Waals surface area (Å²) in [7, 11) is 5.94. The number of nitrogens with zero attached hydrogens (tertiary/aromatic N) is 1. The van der Waals surface area contributed by atoms with Crippen LogP contribution in [0.25, 0.3) is 0 Å². The molecule has 0 N–H and O–H groups in total. The fourth-order valence-electron chi connectivity index (χ4n) is 11.5. The molecule has 0 fully saturated rings. The number of allylic oxidation sites excluding steroid dienone is 18. The van der Waals surface area contributed by atoms with Crippen molar-refractivity contribution in [1.29, 1.82) is 0 Å². The molecule has 0 aliphatic carbocycles. The van der Waals surface area contributed by atoms with Gasteiger partial charge in [-0.3, -0.25) is 9.59 Å². The van der Waals surface area contributed by atoms with E-state index in [0.717, 1.165) is 89.9 Å². The van der Waals surface area contributed by atoms with Crippen molar-refractivity contribution in [2.75, 3.05) is 47.5 Å². The molecule has 548 valence electrons. The average Bonchev–Trinajstić information content (AvgIpc) is 3.58. The highest BCUT2D eigenvalue weighted by atomic mass is 16.7. The Balaban J connectivity index is 3.99. The Morgan fingerprint density at radius 3 is 0.842 bits per heavy atom. The maximum Gasteiger partial charge on any atom is 0.306 e. The van der Waals surface area contributed by atoms with Gasteiger partial charge in [-0.2, -0.15) is 0 Å². The SMILES string of the molecule is CC/C=C\C/C=C\C/C=C\C/C=C\C/C=C\CCCCCCCCCCCCCCCCCCCCCC(=O)OC(COC(=O)CCCCCCCCCCCCCCCCCCCCCCCC/C=C\C/C=C\C/C=C\C/C=C\CC)COC(OCC[N+](C)(C)C)C(=O)[O-]. The summed E-state index contributed by atoms with van der Waals surface area (Å²) in [5.74, 6) is -2.26. The van der Waals surface area contributed by atoms with Gasteiger partial charge in [0.25, 0.3) is 0 Å². The molecule has 0 spiro atoms. The number of hydrogen-bond donors (Lipinski definition) is 0. The van der Waals surface area contributed by atoms with Crippen molar-refractivity contribution in [2.24, 2.45) is 0 Å². The average molecular weight is 1330 g/mol. The van der Waals surface area contributed by atoms with E-state index in [1.54, 1.807) is 0 Å². The van der Waals surface area contributed by atoms with Gasteiger partial charge in [0, 0.05) is 12.8 Å². The lowest BCUT2D eigenvalue weighted by atomic mass is 10.0. The van der Waals surface area contributed by atoms with Crippen molar-refractivity contribution in [3.63, 3.8) is 0 Å². The lowest BCUT2D eigenvalue weighted by Gasteiger charge is -2.26. The number of carboxylic acid groups (broad SMARTS) is 1. The van der Waals surface area contributed by atoms with E-state index in [9.17, 15) is 19.5 Å². The van der Waals surface area contributed by atoms with E-state index in [1.807, 2.05) is 21.1 Å². The van der Waals surface area contributed by atoms with Gasteiger partial charge in [-0.05, 0) is 96.3 Å². The van der Waals surface area contributed by atoms with Crippen LogP contribution in [0, 0.1) is 0 Å². The van der Waals surface area contributed by atoms with Crippen LogP contribution in [-0.2, 0) is 33.3 Å². The summed E-state index contributed by atoms with van der Waals surface area (Å²) in [4.78, 5) is 37.6. The van der Waals surface area contributed by atoms with E-state index >= 15 is 0 Å². The molecule has 0 saturated carbocycles. The first kappa shape index (κ1) is 91.0. The number of rotatable bonds is 74. The molecular weight excluding hydrogens is 1170 g/mol. The van der Waals surface area contributed by atoms with Crippen LogP contribution in [0.15, 0.2) is 109 Å². The van der Waals surface area contributed by atoms with Gasteiger partial charge in [0.15, 0.2) is 12.4 Å². The van der Waals surface area contributed by atoms with E-state index in [-0.39, 0.29) is 32.2 Å². The lowest BCUT2D eigenvalue weighted by Crippen LogP contribution is -2.44. The predicted octanol–water partition coefficient (Wildman–Crippen LogP) is 24.4. The largest absolute Gasteiger partial charge is 0.545 e. The normalized spacial score (nSPS) is 13.2. The standard InChI is InChI=1S/C86H151NO8/c1-6-8-10-12-14-16-18-20-22-24-26-28-30-32-34-36-38-40-42-44-46-48-50-52-54-56-58-60-62-64-66-68-70-72-74-76-83(88)93-80-82(81-94-86(85(90)91)92-79-78-87(3,4)5)95-84(89)77-75-73-71-69-67-65-63-61-59-57-55-53-51-49-47-45-43-41-39-37-35-33-31-29-27-25-23-21-19-17-15-13-11-9-7-2/h8-11,14-17,20-23,26-29,33,35,82,86H,6-7,12-13,18-19,24-25,30-32,34,36-81H2,1-5H3/b10-8-,11-9-,16-14-,17-15-,22-20-,23-21-,28-26-,29-27-,35-33-. The molecule has 0 aromatic rings. The van der Waals surface area contributed by atoms with E-state index < -0.39 is 24.3 Å². The van der Waals surface area contributed by atoms with Crippen LogP contribution < -0.4 is 5.11 Å². The molecule has 0 saturated heterocycles. The Hall–Kier alpha value is -4.05. The zero-order valence-electron chi connectivity index (χ0n) is 62.8. The van der Waals surface area contributed by atoms with Crippen molar-refractivity contribution in [3.05, 3.63) is 109 Å². The van der Waals surface area contributed by atoms with Gasteiger partial charge in [-0.1, -0.05) is 361 Å². The summed E-state index contributed by atoms with van der Waals surface area (Å²) in [6.45, 7) is 4.57. The van der Waals surface area contributed by atoms with Crippen molar-refractivity contribution >= 4 is 17.9 Å². The Labute approximate surface area is 587 Å². The first-order valence-electron chi connectivity index (χ1n) is 40.0. The Morgan fingerprint density at radius 1 is 0.316 bits per heavy atom. The van der Waals surface area contributed by atoms with Gasteiger partial charge in [0.1, 0.15) is 13.2 Å². The van der Waals surface area contributed by atoms with E-state index in [2.05, 4.69) is 123 Å². The fourth-order valence-corrected chi connectivity index (χ4v) is 11.5. The molecule has 0 aromatic heterocycles. The second kappa shape index (κ2) is 75.7. The van der Waals surface area contributed by atoms with Gasteiger partial charge in [0.2, 0.25) is 0 Å². The third-order valence-electron chi connectivity index (χ3n) is 17.5. The Bertz CT molecular complexity index is 1930. The highest BCUT2D eigenvalue weighted by molar-refractivity contribution is 5.70. The summed E-state index contributed by atoms with van der Waals surface area (Å²) >= 11 is 0. The molecule has 95 heavy (non-hydrogen) atoms. The number of aliphatic carboxylic acids is 1. The molecule has 2 unspecified atom stereocenters. The minimum Gasteiger partial charge on any atom is -0.545 e. The minimum atomic E-state index is -1.62. The smallest absolute Gasteiger partial charge is 0.306 e. The Morgan fingerprint density at radius 2 is 0.568 bits per heavy atom. The Kier molecular flexibility index (Phi) is 72.5. The molecule has 0 aliphatic rings. The van der Waals surface area contributed by atoms with Gasteiger partial charge >= 0.3 is 11.9 Å². The summed E-state index contributed by atoms with van der Waals surface area (Å²) < 4.78 is 22.9. The predicted molar refractivity (Wildman–Crippen MR) is 407 cm³/mol. The molecule has 0 bridgehead atoms. The number of carboxylic acids is 1. The molecule has 0 aliphatic heterocycles. The number of ether oxygens (including phenoxy) is 4. The maximum atomic E-state index is 13.0. The van der Waals surface area contributed by atoms with Crippen LogP contribution in [0.5, 0.6) is 0 Å². The van der Waals surface area contributed by atoms with Crippen LogP contribution in [0.1, 0.15) is 361 Å². The van der Waals surface area contributed by atoms with Crippen molar-refractivity contribution in [3.8, 4) is 0 Å². The van der Waals surface area contributed by atoms with Gasteiger partial charge in [-0.15, -0.1) is 0 Å². The van der Waals surface area contributed by atoms with E-state index in [0.29, 0.717) is 23.9 Å². The first-order valence-corrected chi connectivity index (χ1v) is 40.0. The summed E-state index contributed by atoms with van der Waals surface area (Å²) in [5.41, 5.74) is 0. The van der Waals surface area contributed by atoms with Crippen LogP contribution in [-0.4, -0.2) is 82.3 Å². The topological polar surface area (TPSA) is 111 Å². The zero-order valence-corrected chi connectivity index (χ0v) is 62.8. The van der Waals surface area contributed by atoms with Gasteiger partial charge < -0.3 is 33.3 Å². The minimum absolute atomic E-state index is 0.147. The number of unbranched alkanes of at least 4 members (excludes halogenated alkanes) is 41. The number of hydrogen-bond acceptors (Lipinski definition) is 8. The fraction of sp³-hybridized carbons (Fsp3) is 0.756. The monoisotopic (exact) mass is 1330 g/mol. The molecule has 2 atom stereocenters. The maximum absolute atomic E-state index is 13.0. The first-order chi connectivity index (χ1) is 46.6. The zero-order chi connectivity index (χ0) is 69.0. The quantitative estimate of drug-likeness (QED) is 0.0195. The number of quaternary nitrogens is 1. The summed E-state index contributed by atoms with van der Waals surface area (Å²) in [6.07, 6.45) is 104. The van der Waals surface area contributed by atoms with Crippen LogP contribution >= 0.6 is 0 Å². The van der Waals surface area contributed by atoms with Gasteiger partial charge in [0.05, 0.1) is 40.3 Å².